The molecule has 0 saturated carbocycles. The fourth-order valence-electron chi connectivity index (χ4n) is 1.43. The number of nitrogens with two attached hydrogens (primary N) is 1. The van der Waals surface area contributed by atoms with E-state index in [-0.39, 0.29) is 25.1 Å². The number of carbonyl (C=O) groups is 1. The van der Waals surface area contributed by atoms with Crippen molar-refractivity contribution in [3.63, 3.8) is 0 Å². The van der Waals surface area contributed by atoms with Crippen molar-refractivity contribution < 1.29 is 14.3 Å². The van der Waals surface area contributed by atoms with Crippen molar-refractivity contribution in [1.29, 1.82) is 0 Å². The van der Waals surface area contributed by atoms with Crippen LogP contribution in [0.15, 0.2) is 18.2 Å². The molecule has 1 aromatic rings. The van der Waals surface area contributed by atoms with E-state index in [0.717, 1.165) is 5.56 Å². The second kappa shape index (κ2) is 7.29. The van der Waals surface area contributed by atoms with Gasteiger partial charge in [0, 0.05) is 6.04 Å². The topological polar surface area (TPSA) is 73.6 Å². The molecule has 102 valence electrons. The van der Waals surface area contributed by atoms with Gasteiger partial charge in [0.2, 0.25) is 0 Å². The SMILES string of the molecule is C#CCNC(=O)COc1ccc([C@@H](C)N)cc1OC. The lowest BCUT2D eigenvalue weighted by Crippen LogP contribution is -2.29. The molecule has 1 rings (SSSR count). The highest BCUT2D eigenvalue weighted by Crippen LogP contribution is 2.29. The van der Waals surface area contributed by atoms with Gasteiger partial charge < -0.3 is 20.5 Å². The van der Waals surface area contributed by atoms with Gasteiger partial charge in [0.15, 0.2) is 18.1 Å². The molecular formula is C14H18N2O3. The molecule has 5 heteroatoms. The first-order chi connectivity index (χ1) is 9.08. The molecule has 0 bridgehead atoms. The van der Waals surface area contributed by atoms with E-state index in [1.807, 2.05) is 13.0 Å². The molecule has 0 saturated heterocycles. The average molecular weight is 262 g/mol. The first-order valence-corrected chi connectivity index (χ1v) is 5.85. The molecule has 0 aromatic heterocycles. The lowest BCUT2D eigenvalue weighted by Gasteiger charge is -2.13. The van der Waals surface area contributed by atoms with Crippen LogP contribution >= 0.6 is 0 Å². The van der Waals surface area contributed by atoms with E-state index in [0.29, 0.717) is 11.5 Å². The minimum absolute atomic E-state index is 0.0955. The normalized spacial score (nSPS) is 11.3. The van der Waals surface area contributed by atoms with Crippen molar-refractivity contribution in [2.24, 2.45) is 5.73 Å². The molecule has 5 nitrogen and oxygen atoms in total. The maximum absolute atomic E-state index is 11.4. The Bertz CT molecular complexity index is 478. The van der Waals surface area contributed by atoms with Crippen molar-refractivity contribution in [2.75, 3.05) is 20.3 Å². The van der Waals surface area contributed by atoms with E-state index >= 15 is 0 Å². The molecule has 0 aliphatic heterocycles. The molecule has 0 heterocycles. The van der Waals surface area contributed by atoms with Crippen molar-refractivity contribution in [3.8, 4) is 23.8 Å². The number of rotatable bonds is 6. The summed E-state index contributed by atoms with van der Waals surface area (Å²) in [6, 6.07) is 5.26. The molecule has 0 aliphatic rings. The molecule has 1 amide bonds. The quantitative estimate of drug-likeness (QED) is 0.745. The largest absolute Gasteiger partial charge is 0.493 e. The van der Waals surface area contributed by atoms with Crippen LogP contribution in [-0.2, 0) is 4.79 Å². The van der Waals surface area contributed by atoms with E-state index in [1.165, 1.54) is 7.11 Å². The predicted octanol–water partition coefficient (Wildman–Crippen LogP) is 0.843. The Morgan fingerprint density at radius 3 is 2.84 bits per heavy atom. The summed E-state index contributed by atoms with van der Waals surface area (Å²) in [4.78, 5) is 11.4. The van der Waals surface area contributed by atoms with Crippen LogP contribution in [0.4, 0.5) is 0 Å². The van der Waals surface area contributed by atoms with Crippen LogP contribution in [0.25, 0.3) is 0 Å². The molecule has 1 atom stereocenters. The Morgan fingerprint density at radius 1 is 1.53 bits per heavy atom. The Kier molecular flexibility index (Phi) is 5.71. The summed E-state index contributed by atoms with van der Waals surface area (Å²) in [6.45, 7) is 1.95. The molecule has 0 spiro atoms. The smallest absolute Gasteiger partial charge is 0.258 e. The van der Waals surface area contributed by atoms with Crippen molar-refractivity contribution in [3.05, 3.63) is 23.8 Å². The molecule has 0 aliphatic carbocycles. The fraction of sp³-hybridized carbons (Fsp3) is 0.357. The molecule has 0 unspecified atom stereocenters. The number of hydrogen-bond donors (Lipinski definition) is 2. The number of amides is 1. The van der Waals surface area contributed by atoms with Gasteiger partial charge in [-0.2, -0.15) is 0 Å². The highest BCUT2D eigenvalue weighted by atomic mass is 16.5. The molecule has 0 radical (unpaired) electrons. The number of hydrogen-bond acceptors (Lipinski definition) is 4. The fourth-order valence-corrected chi connectivity index (χ4v) is 1.43. The lowest BCUT2D eigenvalue weighted by molar-refractivity contribution is -0.122. The molecule has 1 aromatic carbocycles. The minimum Gasteiger partial charge on any atom is -0.493 e. The van der Waals surface area contributed by atoms with E-state index < -0.39 is 0 Å². The third-order valence-electron chi connectivity index (χ3n) is 2.46. The van der Waals surface area contributed by atoms with E-state index in [9.17, 15) is 4.79 Å². The number of nitrogens with one attached hydrogen (secondary N) is 1. The van der Waals surface area contributed by atoms with Crippen molar-refractivity contribution in [2.45, 2.75) is 13.0 Å². The van der Waals surface area contributed by atoms with Crippen LogP contribution in [0.2, 0.25) is 0 Å². The Balaban J connectivity index is 2.68. The van der Waals surface area contributed by atoms with Gasteiger partial charge in [-0.3, -0.25) is 4.79 Å². The van der Waals surface area contributed by atoms with Crippen LogP contribution in [-0.4, -0.2) is 26.2 Å². The second-order valence-corrected chi connectivity index (χ2v) is 3.97. The number of terminal acetylenes is 1. The summed E-state index contributed by atoms with van der Waals surface area (Å²) < 4.78 is 10.6. The van der Waals surface area contributed by atoms with Gasteiger partial charge in [-0.1, -0.05) is 12.0 Å². The van der Waals surface area contributed by atoms with Crippen LogP contribution in [0, 0.1) is 12.3 Å². The van der Waals surface area contributed by atoms with Gasteiger partial charge in [-0.15, -0.1) is 6.42 Å². The Hall–Kier alpha value is -2.19. The molecule has 19 heavy (non-hydrogen) atoms. The highest BCUT2D eigenvalue weighted by molar-refractivity contribution is 5.77. The summed E-state index contributed by atoms with van der Waals surface area (Å²) in [5, 5.41) is 2.51. The number of methoxy groups -OCH3 is 1. The van der Waals surface area contributed by atoms with Crippen LogP contribution in [0.1, 0.15) is 18.5 Å². The molecule has 3 N–H and O–H groups in total. The second-order valence-electron chi connectivity index (χ2n) is 3.97. The summed E-state index contributed by atoms with van der Waals surface area (Å²) in [5.74, 6) is 3.06. The van der Waals surface area contributed by atoms with Crippen LogP contribution in [0.5, 0.6) is 11.5 Å². The van der Waals surface area contributed by atoms with Gasteiger partial charge in [-0.05, 0) is 24.6 Å². The molecular weight excluding hydrogens is 244 g/mol. The lowest BCUT2D eigenvalue weighted by atomic mass is 10.1. The van der Waals surface area contributed by atoms with Gasteiger partial charge in [0.25, 0.3) is 5.91 Å². The van der Waals surface area contributed by atoms with Crippen molar-refractivity contribution in [1.82, 2.24) is 5.32 Å². The average Bonchev–Trinajstić information content (AvgIpc) is 2.42. The van der Waals surface area contributed by atoms with Gasteiger partial charge in [0.05, 0.1) is 13.7 Å². The maximum atomic E-state index is 11.4. The third kappa shape index (κ3) is 4.53. The number of carbonyl (C=O) groups excluding carboxylic acids is 1. The van der Waals surface area contributed by atoms with Gasteiger partial charge >= 0.3 is 0 Å². The van der Waals surface area contributed by atoms with Crippen LogP contribution < -0.4 is 20.5 Å². The standard InChI is InChI=1S/C14H18N2O3/c1-4-7-16-14(17)9-19-12-6-5-11(10(2)15)8-13(12)18-3/h1,5-6,8,10H,7,9,15H2,2-3H3,(H,16,17)/t10-/m1/s1. The van der Waals surface area contributed by atoms with Crippen LogP contribution in [0.3, 0.4) is 0 Å². The zero-order chi connectivity index (χ0) is 14.3. The van der Waals surface area contributed by atoms with E-state index in [1.54, 1.807) is 12.1 Å². The summed E-state index contributed by atoms with van der Waals surface area (Å²) in [6.07, 6.45) is 5.04. The number of ether oxygens (including phenoxy) is 2. The van der Waals surface area contributed by atoms with E-state index in [2.05, 4.69) is 11.2 Å². The summed E-state index contributed by atoms with van der Waals surface area (Å²) in [5.41, 5.74) is 6.72. The first-order valence-electron chi connectivity index (χ1n) is 5.85. The maximum Gasteiger partial charge on any atom is 0.258 e. The number of benzene rings is 1. The highest BCUT2D eigenvalue weighted by Gasteiger charge is 2.09. The zero-order valence-corrected chi connectivity index (χ0v) is 11.1. The summed E-state index contributed by atoms with van der Waals surface area (Å²) >= 11 is 0. The summed E-state index contributed by atoms with van der Waals surface area (Å²) in [7, 11) is 1.53. The predicted molar refractivity (Wildman–Crippen MR) is 72.9 cm³/mol. The van der Waals surface area contributed by atoms with Crippen molar-refractivity contribution >= 4 is 5.91 Å². The monoisotopic (exact) mass is 262 g/mol. The van der Waals surface area contributed by atoms with E-state index in [4.69, 9.17) is 21.6 Å². The minimum atomic E-state index is -0.281. The third-order valence-corrected chi connectivity index (χ3v) is 2.46. The van der Waals surface area contributed by atoms with Gasteiger partial charge in [-0.25, -0.2) is 0 Å². The van der Waals surface area contributed by atoms with Gasteiger partial charge in [0.1, 0.15) is 0 Å². The zero-order valence-electron chi connectivity index (χ0n) is 11.1. The Labute approximate surface area is 113 Å². The first kappa shape index (κ1) is 14.9. The molecule has 0 fully saturated rings. The Morgan fingerprint density at radius 2 is 2.26 bits per heavy atom.